The molecule has 4 nitrogen and oxygen atoms in total. The summed E-state index contributed by atoms with van der Waals surface area (Å²) in [7, 11) is 0. The molecule has 0 saturated heterocycles. The average molecular weight is 318 g/mol. The highest BCUT2D eigenvalue weighted by Crippen LogP contribution is 2.60. The van der Waals surface area contributed by atoms with Gasteiger partial charge >= 0.3 is 0 Å². The molecule has 23 heavy (non-hydrogen) atoms. The molecule has 1 fully saturated rings. The molecular formula is C19H26O4. The Morgan fingerprint density at radius 3 is 2.52 bits per heavy atom. The molecule has 0 aliphatic heterocycles. The van der Waals surface area contributed by atoms with Crippen LogP contribution >= 0.6 is 0 Å². The minimum atomic E-state index is -0.674. The van der Waals surface area contributed by atoms with Gasteiger partial charge in [-0.25, -0.2) is 0 Å². The number of carbonyl (C=O) groups is 1. The molecule has 2 aliphatic carbocycles. The summed E-state index contributed by atoms with van der Waals surface area (Å²) in [6.07, 6.45) is 1.66. The second-order valence-corrected chi connectivity index (χ2v) is 8.11. The summed E-state index contributed by atoms with van der Waals surface area (Å²) in [5.74, 6) is 0.0939. The van der Waals surface area contributed by atoms with Gasteiger partial charge in [-0.1, -0.05) is 20.8 Å². The lowest BCUT2D eigenvalue weighted by atomic mass is 9.49. The van der Waals surface area contributed by atoms with Crippen molar-refractivity contribution in [3.63, 3.8) is 0 Å². The van der Waals surface area contributed by atoms with Crippen molar-refractivity contribution in [1.29, 1.82) is 0 Å². The van der Waals surface area contributed by atoms with Crippen LogP contribution in [0.25, 0.3) is 0 Å². The summed E-state index contributed by atoms with van der Waals surface area (Å²) in [6, 6.07) is 1.66. The van der Waals surface area contributed by atoms with Gasteiger partial charge in [-0.15, -0.1) is 0 Å². The first-order valence-electron chi connectivity index (χ1n) is 8.32. The third kappa shape index (κ3) is 2.08. The maximum Gasteiger partial charge on any atom is 0.154 e. The highest BCUT2D eigenvalue weighted by Gasteiger charge is 2.55. The van der Waals surface area contributed by atoms with Crippen LogP contribution in [-0.4, -0.2) is 27.7 Å². The monoisotopic (exact) mass is 318 g/mol. The topological polar surface area (TPSA) is 77.8 Å². The third-order valence-corrected chi connectivity index (χ3v) is 6.64. The van der Waals surface area contributed by atoms with Crippen LogP contribution in [0, 0.1) is 18.3 Å². The minimum absolute atomic E-state index is 0.0192. The quantitative estimate of drug-likeness (QED) is 0.696. The van der Waals surface area contributed by atoms with Gasteiger partial charge in [0.05, 0.1) is 17.8 Å². The molecule has 4 unspecified atom stereocenters. The van der Waals surface area contributed by atoms with Crippen molar-refractivity contribution in [2.24, 2.45) is 11.3 Å². The number of aliphatic hydroxyl groups excluding tert-OH is 2. The van der Waals surface area contributed by atoms with E-state index in [0.29, 0.717) is 24.7 Å². The molecular weight excluding hydrogens is 292 g/mol. The van der Waals surface area contributed by atoms with Crippen LogP contribution in [0.2, 0.25) is 0 Å². The Balaban J connectivity index is 2.26. The van der Waals surface area contributed by atoms with Crippen molar-refractivity contribution in [3.05, 3.63) is 28.3 Å². The first kappa shape index (κ1) is 16.5. The number of fused-ring (bicyclic) bond motifs is 3. The number of hydrogen-bond donors (Lipinski definition) is 3. The number of rotatable bonds is 1. The Hall–Kier alpha value is -1.39. The van der Waals surface area contributed by atoms with E-state index in [0.717, 1.165) is 17.5 Å². The number of aldehydes is 1. The molecule has 0 amide bonds. The number of carbonyl (C=O) groups excluding carboxylic acids is 1. The fourth-order valence-electron chi connectivity index (χ4n) is 5.15. The molecule has 4 atom stereocenters. The normalized spacial score (nSPS) is 35.3. The number of phenolic OH excluding ortho intramolecular Hbond substituents is 1. The Morgan fingerprint density at radius 2 is 1.91 bits per heavy atom. The van der Waals surface area contributed by atoms with Crippen LogP contribution in [-0.2, 0) is 5.41 Å². The predicted octanol–water partition coefficient (Wildman–Crippen LogP) is 3.01. The first-order chi connectivity index (χ1) is 10.6. The lowest BCUT2D eigenvalue weighted by molar-refractivity contribution is -0.0901. The minimum Gasteiger partial charge on any atom is -0.507 e. The Labute approximate surface area is 137 Å². The summed E-state index contributed by atoms with van der Waals surface area (Å²) in [5.41, 5.74) is 2.13. The molecule has 0 spiro atoms. The lowest BCUT2D eigenvalue weighted by Crippen LogP contribution is -2.54. The van der Waals surface area contributed by atoms with E-state index in [2.05, 4.69) is 20.8 Å². The first-order valence-corrected chi connectivity index (χ1v) is 8.32. The molecule has 2 aliphatic rings. The predicted molar refractivity (Wildman–Crippen MR) is 87.7 cm³/mol. The summed E-state index contributed by atoms with van der Waals surface area (Å²) < 4.78 is 0. The van der Waals surface area contributed by atoms with Crippen LogP contribution in [0.5, 0.6) is 5.75 Å². The molecule has 3 rings (SSSR count). The molecule has 3 N–H and O–H groups in total. The van der Waals surface area contributed by atoms with Crippen molar-refractivity contribution in [2.75, 3.05) is 0 Å². The SMILES string of the molecule is Cc1c(C=O)c(O)cc2c1C(O)CC1C2(C)CCC(O)C1(C)C. The summed E-state index contributed by atoms with van der Waals surface area (Å²) in [6.45, 7) is 8.07. The Kier molecular flexibility index (Phi) is 3.62. The van der Waals surface area contributed by atoms with Gasteiger partial charge in [-0.3, -0.25) is 4.79 Å². The van der Waals surface area contributed by atoms with Gasteiger partial charge in [-0.2, -0.15) is 0 Å². The zero-order chi connectivity index (χ0) is 17.2. The fourth-order valence-corrected chi connectivity index (χ4v) is 5.15. The molecule has 1 aromatic rings. The number of aromatic hydroxyl groups is 1. The summed E-state index contributed by atoms with van der Waals surface area (Å²) >= 11 is 0. The largest absolute Gasteiger partial charge is 0.507 e. The molecule has 0 radical (unpaired) electrons. The van der Waals surface area contributed by atoms with E-state index < -0.39 is 12.2 Å². The van der Waals surface area contributed by atoms with Crippen LogP contribution in [0.4, 0.5) is 0 Å². The van der Waals surface area contributed by atoms with Crippen molar-refractivity contribution in [3.8, 4) is 5.75 Å². The van der Waals surface area contributed by atoms with Gasteiger partial charge in [0.1, 0.15) is 5.75 Å². The highest BCUT2D eigenvalue weighted by atomic mass is 16.3. The van der Waals surface area contributed by atoms with Crippen LogP contribution in [0.15, 0.2) is 6.07 Å². The van der Waals surface area contributed by atoms with Gasteiger partial charge in [-0.05, 0) is 65.7 Å². The van der Waals surface area contributed by atoms with Crippen molar-refractivity contribution in [2.45, 2.75) is 64.6 Å². The van der Waals surface area contributed by atoms with Crippen molar-refractivity contribution in [1.82, 2.24) is 0 Å². The second-order valence-electron chi connectivity index (χ2n) is 8.11. The van der Waals surface area contributed by atoms with E-state index in [1.807, 2.05) is 0 Å². The summed E-state index contributed by atoms with van der Waals surface area (Å²) in [4.78, 5) is 11.3. The summed E-state index contributed by atoms with van der Waals surface area (Å²) in [5, 5.41) is 31.4. The zero-order valence-electron chi connectivity index (χ0n) is 14.3. The molecule has 0 bridgehead atoms. The zero-order valence-corrected chi connectivity index (χ0v) is 14.3. The van der Waals surface area contributed by atoms with Crippen LogP contribution in [0.1, 0.15) is 73.2 Å². The third-order valence-electron chi connectivity index (χ3n) is 6.64. The number of aliphatic hydroxyl groups is 2. The number of hydrogen-bond acceptors (Lipinski definition) is 4. The number of benzene rings is 1. The van der Waals surface area contributed by atoms with Crippen LogP contribution < -0.4 is 0 Å². The van der Waals surface area contributed by atoms with Crippen LogP contribution in [0.3, 0.4) is 0 Å². The van der Waals surface area contributed by atoms with E-state index in [9.17, 15) is 20.1 Å². The van der Waals surface area contributed by atoms with Gasteiger partial charge in [0, 0.05) is 0 Å². The van der Waals surface area contributed by atoms with Gasteiger partial charge in [0.25, 0.3) is 0 Å². The molecule has 126 valence electrons. The van der Waals surface area contributed by atoms with E-state index >= 15 is 0 Å². The van der Waals surface area contributed by atoms with Gasteiger partial charge in [0.15, 0.2) is 6.29 Å². The molecule has 4 heteroatoms. The van der Waals surface area contributed by atoms with E-state index in [1.54, 1.807) is 13.0 Å². The van der Waals surface area contributed by atoms with E-state index in [-0.39, 0.29) is 28.1 Å². The smallest absolute Gasteiger partial charge is 0.154 e. The van der Waals surface area contributed by atoms with E-state index in [1.165, 1.54) is 0 Å². The average Bonchev–Trinajstić information content (AvgIpc) is 2.47. The maximum atomic E-state index is 11.3. The Bertz CT molecular complexity index is 664. The fraction of sp³-hybridized carbons (Fsp3) is 0.632. The Morgan fingerprint density at radius 1 is 1.26 bits per heavy atom. The number of phenols is 1. The molecule has 0 heterocycles. The standard InChI is InChI=1S/C19H26O4/c1-10-11(9-20)13(21)7-12-17(10)14(22)8-15-18(2,3)16(23)5-6-19(12,15)4/h7,9,14-16,21-23H,5-6,8H2,1-4H3. The lowest BCUT2D eigenvalue weighted by Gasteiger charge is -2.57. The van der Waals surface area contributed by atoms with Gasteiger partial charge in [0.2, 0.25) is 0 Å². The molecule has 1 saturated carbocycles. The van der Waals surface area contributed by atoms with E-state index in [4.69, 9.17) is 0 Å². The molecule has 1 aromatic carbocycles. The van der Waals surface area contributed by atoms with Crippen molar-refractivity contribution < 1.29 is 20.1 Å². The van der Waals surface area contributed by atoms with Crippen molar-refractivity contribution >= 4 is 6.29 Å². The second kappa shape index (κ2) is 5.05. The van der Waals surface area contributed by atoms with Gasteiger partial charge < -0.3 is 15.3 Å². The maximum absolute atomic E-state index is 11.3. The highest BCUT2D eigenvalue weighted by molar-refractivity contribution is 5.83. The molecule has 0 aromatic heterocycles.